The molecule has 0 saturated heterocycles. The predicted molar refractivity (Wildman–Crippen MR) is 123 cm³/mol. The van der Waals surface area contributed by atoms with Crippen LogP contribution in [0.4, 0.5) is 11.5 Å². The number of amides is 1. The number of fused-ring (bicyclic) bond motifs is 1. The summed E-state index contributed by atoms with van der Waals surface area (Å²) in [5, 5.41) is 10.1. The highest BCUT2D eigenvalue weighted by atomic mass is 32.2. The van der Waals surface area contributed by atoms with Gasteiger partial charge in [0.1, 0.15) is 11.5 Å². The number of aryl methyl sites for hydroxylation is 1. The molecule has 32 heavy (non-hydrogen) atoms. The SMILES string of the molecule is Cc1cc(NS(=O)(=O)CC2(C#N)CC2)ccc1-c1cc(N(C=O)C2CC2)nc2[nH]ccc12. The summed E-state index contributed by atoms with van der Waals surface area (Å²) in [6.07, 6.45) is 5.83. The summed E-state index contributed by atoms with van der Waals surface area (Å²) in [4.78, 5) is 21.1. The van der Waals surface area contributed by atoms with E-state index in [1.807, 2.05) is 31.3 Å². The summed E-state index contributed by atoms with van der Waals surface area (Å²) < 4.78 is 27.7. The van der Waals surface area contributed by atoms with Crippen LogP contribution in [0, 0.1) is 23.7 Å². The zero-order valence-electron chi connectivity index (χ0n) is 17.6. The maximum Gasteiger partial charge on any atom is 0.234 e. The van der Waals surface area contributed by atoms with Gasteiger partial charge in [0, 0.05) is 23.3 Å². The van der Waals surface area contributed by atoms with E-state index in [0.29, 0.717) is 30.0 Å². The van der Waals surface area contributed by atoms with Crippen LogP contribution in [0.2, 0.25) is 0 Å². The van der Waals surface area contributed by atoms with Crippen LogP contribution in [-0.4, -0.2) is 36.6 Å². The molecule has 2 fully saturated rings. The van der Waals surface area contributed by atoms with Crippen molar-refractivity contribution in [3.05, 3.63) is 42.1 Å². The zero-order valence-corrected chi connectivity index (χ0v) is 18.4. The van der Waals surface area contributed by atoms with Gasteiger partial charge in [0.05, 0.1) is 17.2 Å². The molecule has 1 amide bonds. The van der Waals surface area contributed by atoms with Crippen molar-refractivity contribution in [3.8, 4) is 17.2 Å². The number of aromatic amines is 1. The van der Waals surface area contributed by atoms with Crippen molar-refractivity contribution in [2.45, 2.75) is 38.6 Å². The maximum atomic E-state index is 12.5. The van der Waals surface area contributed by atoms with Gasteiger partial charge >= 0.3 is 0 Å². The smallest absolute Gasteiger partial charge is 0.234 e. The van der Waals surface area contributed by atoms with Gasteiger partial charge in [-0.15, -0.1) is 0 Å². The molecular formula is C23H23N5O3S. The van der Waals surface area contributed by atoms with Crippen LogP contribution in [0.3, 0.4) is 0 Å². The third-order valence-electron chi connectivity index (χ3n) is 6.18. The number of hydrogen-bond donors (Lipinski definition) is 2. The number of anilines is 2. The first-order chi connectivity index (χ1) is 15.3. The van der Waals surface area contributed by atoms with Crippen molar-refractivity contribution in [1.82, 2.24) is 9.97 Å². The summed E-state index contributed by atoms with van der Waals surface area (Å²) in [5.41, 5.74) is 3.16. The number of hydrogen-bond acceptors (Lipinski definition) is 5. The summed E-state index contributed by atoms with van der Waals surface area (Å²) in [6, 6.07) is 11.6. The van der Waals surface area contributed by atoms with Crippen molar-refractivity contribution in [1.29, 1.82) is 5.26 Å². The predicted octanol–water partition coefficient (Wildman–Crippen LogP) is 3.71. The molecule has 5 rings (SSSR count). The van der Waals surface area contributed by atoms with Gasteiger partial charge in [-0.05, 0) is 73.6 Å². The summed E-state index contributed by atoms with van der Waals surface area (Å²) in [6.45, 7) is 1.92. The standard InChI is InChI=1S/C23H23N5O3S/c1-15-10-16(27-32(30,31)13-23(12-24)7-8-23)2-5-18(15)20-11-21(28(14-29)17-3-4-17)26-22-19(20)6-9-25-22/h2,5-6,9-11,14,17,27H,3-4,7-8,13H2,1H3,(H,25,26). The normalized spacial score (nSPS) is 17.0. The van der Waals surface area contributed by atoms with Crippen LogP contribution in [0.15, 0.2) is 36.5 Å². The number of carbonyl (C=O) groups is 1. The van der Waals surface area contributed by atoms with Gasteiger partial charge in [-0.25, -0.2) is 13.4 Å². The van der Waals surface area contributed by atoms with E-state index in [1.54, 1.807) is 17.0 Å². The van der Waals surface area contributed by atoms with Crippen molar-refractivity contribution in [2.24, 2.45) is 5.41 Å². The number of rotatable bonds is 8. The molecule has 2 aliphatic carbocycles. The second-order valence-corrected chi connectivity index (χ2v) is 10.5. The molecular weight excluding hydrogens is 426 g/mol. The first-order valence-electron chi connectivity index (χ1n) is 10.6. The summed E-state index contributed by atoms with van der Waals surface area (Å²) in [5.74, 6) is 0.417. The molecule has 2 aromatic heterocycles. The van der Waals surface area contributed by atoms with Crippen LogP contribution in [0.25, 0.3) is 22.2 Å². The van der Waals surface area contributed by atoms with E-state index in [-0.39, 0.29) is 11.8 Å². The number of H-pyrrole nitrogens is 1. The lowest BCUT2D eigenvalue weighted by Gasteiger charge is -2.18. The number of sulfonamides is 1. The summed E-state index contributed by atoms with van der Waals surface area (Å²) in [7, 11) is -3.62. The van der Waals surface area contributed by atoms with Crippen LogP contribution >= 0.6 is 0 Å². The average Bonchev–Trinajstić information content (AvgIpc) is 3.67. The van der Waals surface area contributed by atoms with E-state index in [2.05, 4.69) is 20.8 Å². The molecule has 0 atom stereocenters. The highest BCUT2D eigenvalue weighted by Crippen LogP contribution is 2.46. The Morgan fingerprint density at radius 3 is 2.69 bits per heavy atom. The third-order valence-corrected chi connectivity index (χ3v) is 7.66. The van der Waals surface area contributed by atoms with Crippen molar-refractivity contribution < 1.29 is 13.2 Å². The second kappa shape index (κ2) is 7.35. The molecule has 1 aromatic carbocycles. The minimum absolute atomic E-state index is 0.183. The van der Waals surface area contributed by atoms with E-state index in [9.17, 15) is 18.5 Å². The van der Waals surface area contributed by atoms with Gasteiger partial charge in [0.2, 0.25) is 16.4 Å². The molecule has 0 aliphatic heterocycles. The van der Waals surface area contributed by atoms with E-state index < -0.39 is 15.4 Å². The third kappa shape index (κ3) is 3.82. The van der Waals surface area contributed by atoms with E-state index in [4.69, 9.17) is 0 Å². The molecule has 2 heterocycles. The van der Waals surface area contributed by atoms with Crippen molar-refractivity contribution in [3.63, 3.8) is 0 Å². The minimum atomic E-state index is -3.62. The fourth-order valence-electron chi connectivity index (χ4n) is 4.11. The molecule has 2 N–H and O–H groups in total. The lowest BCUT2D eigenvalue weighted by atomic mass is 9.98. The highest BCUT2D eigenvalue weighted by molar-refractivity contribution is 7.92. The Morgan fingerprint density at radius 1 is 1.28 bits per heavy atom. The zero-order chi connectivity index (χ0) is 22.5. The molecule has 2 aliphatic rings. The summed E-state index contributed by atoms with van der Waals surface area (Å²) >= 11 is 0. The van der Waals surface area contributed by atoms with Crippen molar-refractivity contribution in [2.75, 3.05) is 15.4 Å². The Labute approximate surface area is 186 Å². The quantitative estimate of drug-likeness (QED) is 0.508. The van der Waals surface area contributed by atoms with Crippen LogP contribution in [-0.2, 0) is 14.8 Å². The molecule has 3 aromatic rings. The topological polar surface area (TPSA) is 119 Å². The number of carbonyl (C=O) groups excluding carboxylic acids is 1. The lowest BCUT2D eigenvalue weighted by Crippen LogP contribution is -2.24. The number of nitrogens with one attached hydrogen (secondary N) is 2. The van der Waals surface area contributed by atoms with Crippen LogP contribution in [0.1, 0.15) is 31.2 Å². The molecule has 0 spiro atoms. The number of aromatic nitrogens is 2. The number of nitrogens with zero attached hydrogens (tertiary/aromatic N) is 3. The molecule has 0 unspecified atom stereocenters. The Balaban J connectivity index is 1.48. The fourth-order valence-corrected chi connectivity index (χ4v) is 5.75. The Bertz CT molecular complexity index is 1360. The first kappa shape index (κ1) is 20.5. The van der Waals surface area contributed by atoms with Gasteiger partial charge in [-0.2, -0.15) is 5.26 Å². The number of pyridine rings is 1. The number of benzene rings is 1. The number of nitriles is 1. The van der Waals surface area contributed by atoms with E-state index in [1.165, 1.54) is 0 Å². The van der Waals surface area contributed by atoms with Crippen LogP contribution in [0.5, 0.6) is 0 Å². The fraction of sp³-hybridized carbons (Fsp3) is 0.348. The molecule has 8 nitrogen and oxygen atoms in total. The van der Waals surface area contributed by atoms with Gasteiger partial charge in [0.25, 0.3) is 0 Å². The van der Waals surface area contributed by atoms with Gasteiger partial charge in [0.15, 0.2) is 0 Å². The molecule has 164 valence electrons. The molecule has 0 radical (unpaired) electrons. The van der Waals surface area contributed by atoms with E-state index >= 15 is 0 Å². The van der Waals surface area contributed by atoms with Crippen molar-refractivity contribution >= 4 is 39.0 Å². The van der Waals surface area contributed by atoms with Gasteiger partial charge in [-0.1, -0.05) is 6.07 Å². The molecule has 2 saturated carbocycles. The largest absolute Gasteiger partial charge is 0.346 e. The highest BCUT2D eigenvalue weighted by Gasteiger charge is 2.47. The first-order valence-corrected chi connectivity index (χ1v) is 12.2. The Kier molecular flexibility index (Phi) is 4.71. The maximum absolute atomic E-state index is 12.5. The molecule has 9 heteroatoms. The van der Waals surface area contributed by atoms with E-state index in [0.717, 1.165) is 41.3 Å². The van der Waals surface area contributed by atoms with Crippen LogP contribution < -0.4 is 9.62 Å². The Hall–Kier alpha value is -3.38. The average molecular weight is 450 g/mol. The monoisotopic (exact) mass is 449 g/mol. The lowest BCUT2D eigenvalue weighted by molar-refractivity contribution is -0.107. The van der Waals surface area contributed by atoms with Gasteiger partial charge < -0.3 is 4.98 Å². The second-order valence-electron chi connectivity index (χ2n) is 8.79. The Morgan fingerprint density at radius 2 is 2.06 bits per heavy atom. The van der Waals surface area contributed by atoms with Gasteiger partial charge in [-0.3, -0.25) is 14.4 Å². The molecule has 0 bridgehead atoms. The minimum Gasteiger partial charge on any atom is -0.346 e.